The minimum absolute atomic E-state index is 0.674. The van der Waals surface area contributed by atoms with Crippen molar-refractivity contribution >= 4 is 0 Å². The van der Waals surface area contributed by atoms with Crippen LogP contribution in [-0.4, -0.2) is 29.0 Å². The summed E-state index contributed by atoms with van der Waals surface area (Å²) < 4.78 is 0. The van der Waals surface area contributed by atoms with Gasteiger partial charge in [-0.25, -0.2) is 0 Å². The third kappa shape index (κ3) is 2.37. The van der Waals surface area contributed by atoms with Crippen molar-refractivity contribution in [2.45, 2.75) is 39.2 Å². The summed E-state index contributed by atoms with van der Waals surface area (Å²) in [6.07, 6.45) is 5.24. The van der Waals surface area contributed by atoms with E-state index in [1.165, 1.54) is 30.6 Å². The van der Waals surface area contributed by atoms with Crippen molar-refractivity contribution in [2.24, 2.45) is 0 Å². The Morgan fingerprint density at radius 1 is 1.40 bits per heavy atom. The van der Waals surface area contributed by atoms with Gasteiger partial charge in [-0.05, 0) is 50.8 Å². The number of hydrogen-bond acceptors (Lipinski definition) is 2. The maximum Gasteiger partial charge on any atom is 0.0303 e. The first-order chi connectivity index (χ1) is 7.16. The molecule has 15 heavy (non-hydrogen) atoms. The maximum atomic E-state index is 4.28. The predicted octanol–water partition coefficient (Wildman–Crippen LogP) is 2.59. The Morgan fingerprint density at radius 3 is 2.80 bits per heavy atom. The fourth-order valence-corrected chi connectivity index (χ4v) is 2.33. The van der Waals surface area contributed by atoms with E-state index in [-0.39, 0.29) is 0 Å². The Kier molecular flexibility index (Phi) is 3.06. The Balaban J connectivity index is 2.08. The average molecular weight is 204 g/mol. The molecule has 2 rings (SSSR count). The largest absolute Gasteiger partial charge is 0.300 e. The van der Waals surface area contributed by atoms with Gasteiger partial charge in [0.05, 0.1) is 0 Å². The van der Waals surface area contributed by atoms with E-state index in [0.717, 1.165) is 0 Å². The molecule has 1 fully saturated rings. The van der Waals surface area contributed by atoms with E-state index in [2.05, 4.69) is 36.7 Å². The number of pyridine rings is 1. The van der Waals surface area contributed by atoms with Crippen LogP contribution in [0.1, 0.15) is 37.3 Å². The molecule has 2 heterocycles. The first-order valence-electron chi connectivity index (χ1n) is 5.82. The SMILES string of the molecule is Cc1cncc(C2CCN(C(C)C)C2)c1. The van der Waals surface area contributed by atoms with Gasteiger partial charge in [-0.3, -0.25) is 4.98 Å². The van der Waals surface area contributed by atoms with Crippen molar-refractivity contribution in [1.82, 2.24) is 9.88 Å². The lowest BCUT2D eigenvalue weighted by atomic mass is 9.99. The molecule has 1 saturated heterocycles. The lowest BCUT2D eigenvalue weighted by Crippen LogP contribution is -2.27. The maximum absolute atomic E-state index is 4.28. The van der Waals surface area contributed by atoms with Crippen LogP contribution in [0.5, 0.6) is 0 Å². The number of nitrogens with zero attached hydrogens (tertiary/aromatic N) is 2. The zero-order valence-corrected chi connectivity index (χ0v) is 9.90. The van der Waals surface area contributed by atoms with Crippen LogP contribution >= 0.6 is 0 Å². The molecule has 82 valence electrons. The van der Waals surface area contributed by atoms with Crippen molar-refractivity contribution < 1.29 is 0 Å². The highest BCUT2D eigenvalue weighted by molar-refractivity contribution is 5.22. The van der Waals surface area contributed by atoms with Gasteiger partial charge in [-0.1, -0.05) is 6.07 Å². The Bertz CT molecular complexity index is 333. The molecule has 1 unspecified atom stereocenters. The lowest BCUT2D eigenvalue weighted by Gasteiger charge is -2.20. The number of hydrogen-bond donors (Lipinski definition) is 0. The quantitative estimate of drug-likeness (QED) is 0.736. The van der Waals surface area contributed by atoms with Gasteiger partial charge in [0, 0.05) is 25.0 Å². The molecule has 2 nitrogen and oxygen atoms in total. The van der Waals surface area contributed by atoms with E-state index in [1.807, 2.05) is 12.4 Å². The van der Waals surface area contributed by atoms with Crippen LogP contribution in [0.4, 0.5) is 0 Å². The molecule has 0 spiro atoms. The second-order valence-electron chi connectivity index (χ2n) is 4.87. The van der Waals surface area contributed by atoms with E-state index in [1.54, 1.807) is 0 Å². The molecule has 1 atom stereocenters. The first-order valence-corrected chi connectivity index (χ1v) is 5.82. The second-order valence-corrected chi connectivity index (χ2v) is 4.87. The molecule has 1 aromatic heterocycles. The Labute approximate surface area is 92.3 Å². The molecule has 0 bridgehead atoms. The highest BCUT2D eigenvalue weighted by atomic mass is 15.2. The molecule has 1 aliphatic rings. The van der Waals surface area contributed by atoms with Crippen molar-refractivity contribution in [3.8, 4) is 0 Å². The predicted molar refractivity (Wildman–Crippen MR) is 63.0 cm³/mol. The lowest BCUT2D eigenvalue weighted by molar-refractivity contribution is 0.272. The molecule has 1 aliphatic heterocycles. The minimum Gasteiger partial charge on any atom is -0.300 e. The van der Waals surface area contributed by atoms with Crippen LogP contribution in [0.2, 0.25) is 0 Å². The van der Waals surface area contributed by atoms with Crippen LogP contribution in [0.25, 0.3) is 0 Å². The molecular formula is C13H20N2. The fourth-order valence-electron chi connectivity index (χ4n) is 2.33. The van der Waals surface area contributed by atoms with Crippen LogP contribution in [0.3, 0.4) is 0 Å². The molecular weight excluding hydrogens is 184 g/mol. The molecule has 0 aliphatic carbocycles. The van der Waals surface area contributed by atoms with Gasteiger partial charge in [0.1, 0.15) is 0 Å². The van der Waals surface area contributed by atoms with Gasteiger partial charge in [0.25, 0.3) is 0 Å². The van der Waals surface area contributed by atoms with Gasteiger partial charge in [0.2, 0.25) is 0 Å². The Morgan fingerprint density at radius 2 is 2.20 bits per heavy atom. The highest BCUT2D eigenvalue weighted by Gasteiger charge is 2.25. The highest BCUT2D eigenvalue weighted by Crippen LogP contribution is 2.28. The smallest absolute Gasteiger partial charge is 0.0303 e. The van der Waals surface area contributed by atoms with E-state index < -0.39 is 0 Å². The van der Waals surface area contributed by atoms with Crippen LogP contribution in [0.15, 0.2) is 18.5 Å². The summed E-state index contributed by atoms with van der Waals surface area (Å²) in [5, 5.41) is 0. The standard InChI is InChI=1S/C13H20N2/c1-10(2)15-5-4-12(9-15)13-6-11(3)7-14-8-13/h6-8,10,12H,4-5,9H2,1-3H3. The van der Waals surface area contributed by atoms with Gasteiger partial charge in [-0.2, -0.15) is 0 Å². The van der Waals surface area contributed by atoms with E-state index >= 15 is 0 Å². The minimum atomic E-state index is 0.674. The first kappa shape index (κ1) is 10.6. The summed E-state index contributed by atoms with van der Waals surface area (Å²) in [6, 6.07) is 2.95. The molecule has 2 heteroatoms. The van der Waals surface area contributed by atoms with Gasteiger partial charge in [-0.15, -0.1) is 0 Å². The average Bonchev–Trinajstić information content (AvgIpc) is 2.66. The molecule has 0 radical (unpaired) electrons. The molecule has 0 saturated carbocycles. The summed E-state index contributed by atoms with van der Waals surface area (Å²) in [4.78, 5) is 6.83. The van der Waals surface area contributed by atoms with Gasteiger partial charge >= 0.3 is 0 Å². The summed E-state index contributed by atoms with van der Waals surface area (Å²) in [5.74, 6) is 0.694. The van der Waals surface area contributed by atoms with Crippen LogP contribution in [0, 0.1) is 6.92 Å². The fraction of sp³-hybridized carbons (Fsp3) is 0.615. The third-order valence-electron chi connectivity index (χ3n) is 3.32. The van der Waals surface area contributed by atoms with Crippen molar-refractivity contribution in [3.63, 3.8) is 0 Å². The molecule has 0 aromatic carbocycles. The van der Waals surface area contributed by atoms with Gasteiger partial charge in [0.15, 0.2) is 0 Å². The molecule has 1 aromatic rings. The monoisotopic (exact) mass is 204 g/mol. The normalized spacial score (nSPS) is 22.5. The van der Waals surface area contributed by atoms with E-state index in [9.17, 15) is 0 Å². The van der Waals surface area contributed by atoms with Crippen molar-refractivity contribution in [2.75, 3.05) is 13.1 Å². The number of aromatic nitrogens is 1. The zero-order chi connectivity index (χ0) is 10.8. The van der Waals surface area contributed by atoms with E-state index in [4.69, 9.17) is 0 Å². The van der Waals surface area contributed by atoms with Crippen molar-refractivity contribution in [1.29, 1.82) is 0 Å². The third-order valence-corrected chi connectivity index (χ3v) is 3.32. The number of rotatable bonds is 2. The topological polar surface area (TPSA) is 16.1 Å². The molecule has 0 amide bonds. The summed E-state index contributed by atoms with van der Waals surface area (Å²) in [6.45, 7) is 9.10. The van der Waals surface area contributed by atoms with E-state index in [0.29, 0.717) is 12.0 Å². The zero-order valence-electron chi connectivity index (χ0n) is 9.90. The Hall–Kier alpha value is -0.890. The van der Waals surface area contributed by atoms with Crippen molar-refractivity contribution in [3.05, 3.63) is 29.6 Å². The number of aryl methyl sites for hydroxylation is 1. The van der Waals surface area contributed by atoms with Crippen LogP contribution in [-0.2, 0) is 0 Å². The summed E-state index contributed by atoms with van der Waals surface area (Å²) >= 11 is 0. The number of likely N-dealkylation sites (tertiary alicyclic amines) is 1. The molecule has 0 N–H and O–H groups in total. The van der Waals surface area contributed by atoms with Crippen LogP contribution < -0.4 is 0 Å². The second kappa shape index (κ2) is 4.31. The summed E-state index contributed by atoms with van der Waals surface area (Å²) in [5.41, 5.74) is 2.69. The van der Waals surface area contributed by atoms with Gasteiger partial charge < -0.3 is 4.90 Å². The summed E-state index contributed by atoms with van der Waals surface area (Å²) in [7, 11) is 0.